The second-order valence-corrected chi connectivity index (χ2v) is 7.65. The quantitative estimate of drug-likeness (QED) is 0.712. The van der Waals surface area contributed by atoms with Gasteiger partial charge in [-0.25, -0.2) is 13.1 Å². The van der Waals surface area contributed by atoms with Gasteiger partial charge in [0, 0.05) is 22.0 Å². The van der Waals surface area contributed by atoms with Gasteiger partial charge in [-0.2, -0.15) is 0 Å². The first-order valence-electron chi connectivity index (χ1n) is 6.60. The second-order valence-electron chi connectivity index (χ2n) is 4.54. The number of hydrogen-bond acceptors (Lipinski definition) is 5. The molecule has 1 heterocycles. The lowest BCUT2D eigenvalue weighted by atomic mass is 10.3. The minimum Gasteiger partial charge on any atom is -0.399 e. The highest BCUT2D eigenvalue weighted by atomic mass is 32.2. The van der Waals surface area contributed by atoms with Gasteiger partial charge >= 0.3 is 0 Å². The maximum atomic E-state index is 12.0. The Balaban J connectivity index is 2.23. The number of anilines is 2. The average molecular weight is 325 g/mol. The van der Waals surface area contributed by atoms with Crippen molar-refractivity contribution in [3.8, 4) is 0 Å². The molecule has 1 aromatic carbocycles. The van der Waals surface area contributed by atoms with Crippen molar-refractivity contribution >= 4 is 32.7 Å². The highest BCUT2D eigenvalue weighted by Crippen LogP contribution is 2.25. The summed E-state index contributed by atoms with van der Waals surface area (Å²) in [5.41, 5.74) is 6.65. The van der Waals surface area contributed by atoms with Crippen molar-refractivity contribution in [3.63, 3.8) is 0 Å². The van der Waals surface area contributed by atoms with Crippen LogP contribution in [-0.4, -0.2) is 15.5 Å². The lowest BCUT2D eigenvalue weighted by Gasteiger charge is -2.12. The van der Waals surface area contributed by atoms with Gasteiger partial charge in [0.1, 0.15) is 4.90 Å². The van der Waals surface area contributed by atoms with Gasteiger partial charge < -0.3 is 11.1 Å². The number of sulfonamides is 1. The molecular formula is C14H19N3O2S2. The topological polar surface area (TPSA) is 84.2 Å². The summed E-state index contributed by atoms with van der Waals surface area (Å²) in [6, 6.07) is 8.98. The van der Waals surface area contributed by atoms with Crippen LogP contribution < -0.4 is 15.8 Å². The number of nitrogen functional groups attached to an aromatic ring is 1. The Kier molecular flexibility index (Phi) is 4.87. The fourth-order valence-electron chi connectivity index (χ4n) is 1.91. The summed E-state index contributed by atoms with van der Waals surface area (Å²) >= 11 is 1.72. The van der Waals surface area contributed by atoms with E-state index in [4.69, 9.17) is 5.73 Å². The predicted molar refractivity (Wildman–Crippen MR) is 88.1 cm³/mol. The van der Waals surface area contributed by atoms with Gasteiger partial charge in [0.2, 0.25) is 10.0 Å². The molecule has 0 radical (unpaired) electrons. The van der Waals surface area contributed by atoms with Gasteiger partial charge in [0.25, 0.3) is 0 Å². The molecule has 0 unspecified atom stereocenters. The molecule has 114 valence electrons. The van der Waals surface area contributed by atoms with Gasteiger partial charge in [-0.05, 0) is 43.8 Å². The normalized spacial score (nSPS) is 11.5. The molecule has 4 N–H and O–H groups in total. The van der Waals surface area contributed by atoms with E-state index in [1.165, 1.54) is 18.0 Å². The number of aryl methyl sites for hydroxylation is 1. The van der Waals surface area contributed by atoms with Crippen LogP contribution in [0.1, 0.15) is 16.7 Å². The molecule has 0 fully saturated rings. The van der Waals surface area contributed by atoms with Crippen molar-refractivity contribution in [2.75, 3.05) is 18.1 Å². The van der Waals surface area contributed by atoms with Crippen LogP contribution in [0.4, 0.5) is 11.4 Å². The van der Waals surface area contributed by atoms with Gasteiger partial charge in [-0.3, -0.25) is 0 Å². The van der Waals surface area contributed by atoms with Crippen molar-refractivity contribution < 1.29 is 8.42 Å². The van der Waals surface area contributed by atoms with E-state index >= 15 is 0 Å². The van der Waals surface area contributed by atoms with Crippen molar-refractivity contribution in [3.05, 3.63) is 40.1 Å². The molecule has 7 heteroatoms. The fraction of sp³-hybridized carbons (Fsp3) is 0.286. The van der Waals surface area contributed by atoms with Crippen molar-refractivity contribution in [2.24, 2.45) is 0 Å². The zero-order chi connectivity index (χ0) is 15.5. The first-order chi connectivity index (χ1) is 9.96. The summed E-state index contributed by atoms with van der Waals surface area (Å²) in [5, 5.41) is 3.17. The zero-order valence-corrected chi connectivity index (χ0v) is 13.6. The maximum Gasteiger partial charge on any atom is 0.242 e. The molecule has 0 saturated heterocycles. The van der Waals surface area contributed by atoms with Crippen LogP contribution in [-0.2, 0) is 23.0 Å². The molecule has 0 atom stereocenters. The average Bonchev–Trinajstić information content (AvgIpc) is 2.94. The molecule has 0 aliphatic rings. The molecule has 0 aliphatic heterocycles. The second kappa shape index (κ2) is 6.46. The monoisotopic (exact) mass is 325 g/mol. The van der Waals surface area contributed by atoms with E-state index in [2.05, 4.69) is 29.1 Å². The summed E-state index contributed by atoms with van der Waals surface area (Å²) in [5.74, 6) is 0. The van der Waals surface area contributed by atoms with E-state index in [0.29, 0.717) is 17.9 Å². The molecule has 0 amide bonds. The largest absolute Gasteiger partial charge is 0.399 e. The number of thiophene rings is 1. The van der Waals surface area contributed by atoms with Crippen LogP contribution >= 0.6 is 11.3 Å². The lowest BCUT2D eigenvalue weighted by molar-refractivity contribution is 0.588. The highest BCUT2D eigenvalue weighted by molar-refractivity contribution is 7.89. The molecule has 21 heavy (non-hydrogen) atoms. The van der Waals surface area contributed by atoms with Gasteiger partial charge in [-0.1, -0.05) is 6.92 Å². The molecule has 5 nitrogen and oxygen atoms in total. The number of nitrogens with one attached hydrogen (secondary N) is 2. The van der Waals surface area contributed by atoms with Crippen LogP contribution in [0.2, 0.25) is 0 Å². The molecule has 1 aromatic heterocycles. The molecule has 2 rings (SSSR count). The maximum absolute atomic E-state index is 12.0. The number of hydrogen-bond donors (Lipinski definition) is 3. The lowest BCUT2D eigenvalue weighted by Crippen LogP contribution is -2.20. The van der Waals surface area contributed by atoms with E-state index in [-0.39, 0.29) is 4.90 Å². The van der Waals surface area contributed by atoms with Crippen LogP contribution in [0.3, 0.4) is 0 Å². The van der Waals surface area contributed by atoms with Crippen LogP contribution in [0, 0.1) is 0 Å². The smallest absolute Gasteiger partial charge is 0.242 e. The van der Waals surface area contributed by atoms with Gasteiger partial charge in [0.05, 0.1) is 5.69 Å². The van der Waals surface area contributed by atoms with Crippen LogP contribution in [0.25, 0.3) is 0 Å². The standard InChI is InChI=1S/C14H19N3O2S2/c1-3-11-5-6-12(20-11)9-17-13-7-4-10(15)8-14(13)21(18,19)16-2/h4-8,16-17H,3,9,15H2,1-2H3. The van der Waals surface area contributed by atoms with Gasteiger partial charge in [0.15, 0.2) is 0 Å². The minimum absolute atomic E-state index is 0.164. The molecule has 2 aromatic rings. The Bertz CT molecular complexity index is 724. The summed E-state index contributed by atoms with van der Waals surface area (Å²) in [6.45, 7) is 2.70. The summed E-state index contributed by atoms with van der Waals surface area (Å²) in [7, 11) is -2.16. The summed E-state index contributed by atoms with van der Waals surface area (Å²) in [6.07, 6.45) is 1.01. The van der Waals surface area contributed by atoms with E-state index in [9.17, 15) is 8.42 Å². The molecule has 0 saturated carbocycles. The Morgan fingerprint density at radius 2 is 1.90 bits per heavy atom. The Morgan fingerprint density at radius 3 is 2.52 bits per heavy atom. The summed E-state index contributed by atoms with van der Waals surface area (Å²) < 4.78 is 26.4. The van der Waals surface area contributed by atoms with E-state index < -0.39 is 10.0 Å². The van der Waals surface area contributed by atoms with E-state index in [1.54, 1.807) is 23.5 Å². The first kappa shape index (κ1) is 15.8. The number of nitrogens with two attached hydrogens (primary N) is 1. The number of rotatable bonds is 6. The minimum atomic E-state index is -3.54. The van der Waals surface area contributed by atoms with Crippen LogP contribution in [0.5, 0.6) is 0 Å². The third-order valence-corrected chi connectivity index (χ3v) is 5.77. The molecular weight excluding hydrogens is 306 g/mol. The van der Waals surface area contributed by atoms with Crippen molar-refractivity contribution in [1.82, 2.24) is 4.72 Å². The van der Waals surface area contributed by atoms with Crippen molar-refractivity contribution in [2.45, 2.75) is 24.8 Å². The number of benzene rings is 1. The highest BCUT2D eigenvalue weighted by Gasteiger charge is 2.17. The molecule has 0 aliphatic carbocycles. The summed E-state index contributed by atoms with van der Waals surface area (Å²) in [4.78, 5) is 2.64. The van der Waals surface area contributed by atoms with E-state index in [1.807, 2.05) is 0 Å². The Hall–Kier alpha value is -1.57. The molecule has 0 spiro atoms. The fourth-order valence-corrected chi connectivity index (χ4v) is 3.75. The van der Waals surface area contributed by atoms with Crippen molar-refractivity contribution in [1.29, 1.82) is 0 Å². The Morgan fingerprint density at radius 1 is 1.19 bits per heavy atom. The first-order valence-corrected chi connectivity index (χ1v) is 8.90. The third kappa shape index (κ3) is 3.75. The zero-order valence-electron chi connectivity index (χ0n) is 12.0. The predicted octanol–water partition coefficient (Wildman–Crippen LogP) is 2.41. The SMILES string of the molecule is CCc1ccc(CNc2ccc(N)cc2S(=O)(=O)NC)s1. The van der Waals surface area contributed by atoms with E-state index in [0.717, 1.165) is 11.3 Å². The molecule has 0 bridgehead atoms. The van der Waals surface area contributed by atoms with Crippen LogP contribution in [0.15, 0.2) is 35.2 Å². The van der Waals surface area contributed by atoms with Gasteiger partial charge in [-0.15, -0.1) is 11.3 Å². The Labute approximate surface area is 129 Å². The third-order valence-electron chi connectivity index (χ3n) is 3.08.